The lowest BCUT2D eigenvalue weighted by Crippen LogP contribution is -2.03. The van der Waals surface area contributed by atoms with Gasteiger partial charge in [-0.15, -0.1) is 0 Å². The lowest BCUT2D eigenvalue weighted by molar-refractivity contribution is 0.152. The van der Waals surface area contributed by atoms with E-state index in [9.17, 15) is 13.2 Å². The predicted molar refractivity (Wildman–Crippen MR) is 102 cm³/mol. The molecule has 0 radical (unpaired) electrons. The first kappa shape index (κ1) is 18.9. The Labute approximate surface area is 171 Å². The van der Waals surface area contributed by atoms with Gasteiger partial charge in [0, 0.05) is 20.1 Å². The summed E-state index contributed by atoms with van der Waals surface area (Å²) in [6.45, 7) is 0. The summed E-state index contributed by atoms with van der Waals surface area (Å²) < 4.78 is 43.1. The molecule has 2 nitrogen and oxygen atoms in total. The number of rotatable bonds is 3. The Morgan fingerprint density at radius 1 is 1.04 bits per heavy atom. The van der Waals surface area contributed by atoms with E-state index in [2.05, 4.69) is 52.8 Å². The molecular formula is C16H7Br3ClF3N2. The predicted octanol–water partition coefficient (Wildman–Crippen LogP) is 7.56. The molecule has 0 aliphatic rings. The van der Waals surface area contributed by atoms with Crippen LogP contribution in [0.1, 0.15) is 12.0 Å². The number of imidazole rings is 1. The van der Waals surface area contributed by atoms with Gasteiger partial charge in [-0.25, -0.2) is 18.2 Å². The average molecular weight is 559 g/mol. The third kappa shape index (κ3) is 3.54. The summed E-state index contributed by atoms with van der Waals surface area (Å²) in [5.74, 6) is -0.250. The van der Waals surface area contributed by atoms with E-state index in [-0.39, 0.29) is 22.1 Å². The molecule has 0 amide bonds. The topological polar surface area (TPSA) is 17.8 Å². The van der Waals surface area contributed by atoms with Gasteiger partial charge in [-0.3, -0.25) is 4.57 Å². The summed E-state index contributed by atoms with van der Waals surface area (Å²) in [4.78, 5) is 4.22. The third-order valence-corrected chi connectivity index (χ3v) is 5.86. The molecule has 130 valence electrons. The van der Waals surface area contributed by atoms with E-state index in [0.717, 1.165) is 0 Å². The van der Waals surface area contributed by atoms with Crippen molar-refractivity contribution in [2.24, 2.45) is 0 Å². The quantitative estimate of drug-likeness (QED) is 0.324. The van der Waals surface area contributed by atoms with Crippen LogP contribution in [0, 0.1) is 5.82 Å². The zero-order chi connectivity index (χ0) is 18.3. The van der Waals surface area contributed by atoms with Gasteiger partial charge in [-0.1, -0.05) is 35.9 Å². The maximum atomic E-state index is 13.6. The molecule has 1 heterocycles. The normalized spacial score (nSPS) is 11.4. The van der Waals surface area contributed by atoms with Crippen molar-refractivity contribution in [2.45, 2.75) is 6.43 Å². The van der Waals surface area contributed by atoms with Gasteiger partial charge < -0.3 is 0 Å². The minimum atomic E-state index is -2.68. The Bertz CT molecular complexity index is 937. The zero-order valence-electron chi connectivity index (χ0n) is 12.1. The molecule has 2 aromatic carbocycles. The number of nitrogens with zero attached hydrogens (tertiary/aromatic N) is 2. The maximum Gasteiger partial charge on any atom is 0.264 e. The van der Waals surface area contributed by atoms with Gasteiger partial charge in [0.05, 0.1) is 5.69 Å². The van der Waals surface area contributed by atoms with Crippen LogP contribution in [0.15, 0.2) is 49.9 Å². The van der Waals surface area contributed by atoms with Crippen molar-refractivity contribution in [3.63, 3.8) is 0 Å². The fourth-order valence-electron chi connectivity index (χ4n) is 2.40. The van der Waals surface area contributed by atoms with Crippen molar-refractivity contribution in [3.05, 3.63) is 66.5 Å². The van der Waals surface area contributed by atoms with E-state index >= 15 is 0 Å². The second kappa shape index (κ2) is 7.42. The lowest BCUT2D eigenvalue weighted by Gasteiger charge is -2.15. The van der Waals surface area contributed by atoms with Crippen LogP contribution in [0.4, 0.5) is 13.2 Å². The van der Waals surface area contributed by atoms with Crippen LogP contribution in [-0.4, -0.2) is 9.55 Å². The molecule has 9 heteroatoms. The van der Waals surface area contributed by atoms with E-state index in [1.807, 2.05) is 0 Å². The Balaban J connectivity index is 2.36. The Kier molecular flexibility index (Phi) is 5.63. The molecule has 0 atom stereocenters. The fourth-order valence-corrected chi connectivity index (χ4v) is 4.48. The van der Waals surface area contributed by atoms with Gasteiger partial charge in [0.1, 0.15) is 16.2 Å². The molecule has 0 spiro atoms. The highest BCUT2D eigenvalue weighted by Crippen LogP contribution is 2.41. The average Bonchev–Trinajstić information content (AvgIpc) is 2.82. The van der Waals surface area contributed by atoms with Crippen molar-refractivity contribution < 1.29 is 13.2 Å². The van der Waals surface area contributed by atoms with E-state index < -0.39 is 12.2 Å². The largest absolute Gasteiger partial charge is 0.283 e. The van der Waals surface area contributed by atoms with Crippen LogP contribution in [0.3, 0.4) is 0 Å². The standard InChI is InChI=1S/C16H7Br3ClF3N2/c17-10-5-7(21)6-11(18)12(10)25-13(19)14(20)24-16(25)9-4-2-1-3-8(9)15(22)23/h1-6,15H. The summed E-state index contributed by atoms with van der Waals surface area (Å²) in [6, 6.07) is 8.56. The van der Waals surface area contributed by atoms with Gasteiger partial charge >= 0.3 is 0 Å². The number of aromatic nitrogens is 2. The first-order valence-corrected chi connectivity index (χ1v) is 9.53. The van der Waals surface area contributed by atoms with E-state index in [4.69, 9.17) is 11.6 Å². The molecule has 0 fully saturated rings. The molecule has 0 unspecified atom stereocenters. The SMILES string of the molecule is Fc1cc(Br)c(-n2c(-c3ccccc3C(F)F)nc(Cl)c2Br)c(Br)c1. The molecular weight excluding hydrogens is 552 g/mol. The molecule has 0 saturated heterocycles. The highest BCUT2D eigenvalue weighted by Gasteiger charge is 2.24. The van der Waals surface area contributed by atoms with Gasteiger partial charge in [0.15, 0.2) is 5.15 Å². The molecule has 0 aliphatic heterocycles. The highest BCUT2D eigenvalue weighted by atomic mass is 79.9. The minimum absolute atomic E-state index is 0.0993. The number of hydrogen-bond donors (Lipinski definition) is 0. The van der Waals surface area contributed by atoms with Crippen molar-refractivity contribution >= 4 is 59.4 Å². The summed E-state index contributed by atoms with van der Waals surface area (Å²) in [5.41, 5.74) is 0.534. The van der Waals surface area contributed by atoms with Crippen molar-refractivity contribution in [1.29, 1.82) is 0 Å². The second-order valence-electron chi connectivity index (χ2n) is 4.96. The first-order valence-electron chi connectivity index (χ1n) is 6.77. The minimum Gasteiger partial charge on any atom is -0.283 e. The Morgan fingerprint density at radius 3 is 2.24 bits per heavy atom. The van der Waals surface area contributed by atoms with Crippen molar-refractivity contribution in [1.82, 2.24) is 9.55 Å². The second-order valence-corrected chi connectivity index (χ2v) is 7.78. The zero-order valence-corrected chi connectivity index (χ0v) is 17.6. The molecule has 3 aromatic rings. The van der Waals surface area contributed by atoms with E-state index in [1.165, 1.54) is 34.9 Å². The monoisotopic (exact) mass is 556 g/mol. The molecule has 0 N–H and O–H groups in total. The molecule has 25 heavy (non-hydrogen) atoms. The van der Waals surface area contributed by atoms with Crippen molar-refractivity contribution in [3.8, 4) is 17.1 Å². The summed E-state index contributed by atoms with van der Waals surface area (Å²) >= 11 is 16.1. The van der Waals surface area contributed by atoms with Crippen LogP contribution in [0.2, 0.25) is 5.15 Å². The smallest absolute Gasteiger partial charge is 0.264 e. The lowest BCUT2D eigenvalue weighted by atomic mass is 10.1. The van der Waals surface area contributed by atoms with Gasteiger partial charge in [-0.2, -0.15) is 0 Å². The Hall–Kier alpha value is -0.830. The summed E-state index contributed by atoms with van der Waals surface area (Å²) in [5, 5.41) is 0.0993. The number of benzene rings is 2. The fraction of sp³-hybridized carbons (Fsp3) is 0.0625. The maximum absolute atomic E-state index is 13.6. The molecule has 1 aromatic heterocycles. The van der Waals surface area contributed by atoms with Crippen molar-refractivity contribution in [2.75, 3.05) is 0 Å². The molecule has 3 rings (SSSR count). The Morgan fingerprint density at radius 2 is 1.64 bits per heavy atom. The molecule has 0 bridgehead atoms. The third-order valence-electron chi connectivity index (χ3n) is 3.42. The number of hydrogen-bond acceptors (Lipinski definition) is 1. The van der Waals surface area contributed by atoms with Crippen LogP contribution in [-0.2, 0) is 0 Å². The van der Waals surface area contributed by atoms with Crippen LogP contribution >= 0.6 is 59.4 Å². The van der Waals surface area contributed by atoms with Gasteiger partial charge in [-0.05, 0) is 59.9 Å². The number of alkyl halides is 2. The van der Waals surface area contributed by atoms with Gasteiger partial charge in [0.2, 0.25) is 0 Å². The van der Waals surface area contributed by atoms with E-state index in [0.29, 0.717) is 19.2 Å². The first-order chi connectivity index (χ1) is 11.8. The van der Waals surface area contributed by atoms with Gasteiger partial charge in [0.25, 0.3) is 6.43 Å². The molecule has 0 saturated carbocycles. The molecule has 0 aliphatic carbocycles. The van der Waals surface area contributed by atoms with Crippen LogP contribution < -0.4 is 0 Å². The highest BCUT2D eigenvalue weighted by molar-refractivity contribution is 9.11. The summed E-state index contributed by atoms with van der Waals surface area (Å²) in [6.07, 6.45) is -2.68. The van der Waals surface area contributed by atoms with E-state index in [1.54, 1.807) is 6.07 Å². The van der Waals surface area contributed by atoms with Crippen LogP contribution in [0.25, 0.3) is 17.1 Å². The summed E-state index contributed by atoms with van der Waals surface area (Å²) in [7, 11) is 0. The van der Waals surface area contributed by atoms with Crippen LogP contribution in [0.5, 0.6) is 0 Å². The number of halogens is 7.